The normalized spacial score (nSPS) is 12.9. The molecule has 0 spiro atoms. The third-order valence-corrected chi connectivity index (χ3v) is 6.23. The number of hydrogen-bond donors (Lipinski definition) is 0. The van der Waals surface area contributed by atoms with Crippen molar-refractivity contribution in [1.82, 2.24) is 14.8 Å². The van der Waals surface area contributed by atoms with Gasteiger partial charge in [-0.15, -0.1) is 10.2 Å². The molecule has 0 saturated heterocycles. The molecule has 0 fully saturated rings. The van der Waals surface area contributed by atoms with Crippen molar-refractivity contribution in [2.45, 2.75) is 37.9 Å². The number of Topliss-reactive ketones (excluding diaryl/α,β-unsaturated/α-hetero) is 1. The lowest BCUT2D eigenvalue weighted by Gasteiger charge is -2.10. The minimum Gasteiger partial charge on any atom is -0.383 e. The smallest absolute Gasteiger partial charge is 0.192 e. The number of nitrogens with zero attached hydrogens (tertiary/aromatic N) is 3. The molecule has 1 aromatic heterocycles. The summed E-state index contributed by atoms with van der Waals surface area (Å²) in [5, 5.41) is 9.51. The van der Waals surface area contributed by atoms with E-state index in [0.717, 1.165) is 34.9 Å². The number of carbonyl (C=O) groups excluding carboxylic acids is 1. The number of ketones is 1. The summed E-state index contributed by atoms with van der Waals surface area (Å²) in [7, 11) is 1.68. The maximum atomic E-state index is 12.8. The Labute approximate surface area is 175 Å². The van der Waals surface area contributed by atoms with Crippen molar-refractivity contribution in [3.63, 3.8) is 0 Å². The van der Waals surface area contributed by atoms with Gasteiger partial charge in [0, 0.05) is 18.2 Å². The quantitative estimate of drug-likeness (QED) is 0.410. The molecule has 0 unspecified atom stereocenters. The average Bonchev–Trinajstić information content (AvgIpc) is 3.36. The van der Waals surface area contributed by atoms with Crippen LogP contribution in [0.5, 0.6) is 0 Å². The first-order valence-electron chi connectivity index (χ1n) is 9.92. The Morgan fingerprint density at radius 2 is 2.00 bits per heavy atom. The molecule has 0 bridgehead atoms. The molecule has 1 aliphatic rings. The van der Waals surface area contributed by atoms with Crippen LogP contribution in [0.25, 0.3) is 11.4 Å². The average molecular weight is 408 g/mol. The number of aromatic nitrogens is 3. The van der Waals surface area contributed by atoms with E-state index in [4.69, 9.17) is 4.74 Å². The number of methoxy groups -OCH3 is 1. The van der Waals surface area contributed by atoms with Crippen molar-refractivity contribution in [3.05, 3.63) is 64.7 Å². The van der Waals surface area contributed by atoms with Gasteiger partial charge in [0.2, 0.25) is 0 Å². The number of aryl methyl sites for hydroxylation is 3. The number of benzene rings is 2. The van der Waals surface area contributed by atoms with Gasteiger partial charge in [-0.05, 0) is 49.4 Å². The zero-order chi connectivity index (χ0) is 20.2. The molecule has 2 aromatic carbocycles. The Bertz CT molecular complexity index is 1030. The van der Waals surface area contributed by atoms with E-state index in [1.54, 1.807) is 7.11 Å². The Kier molecular flexibility index (Phi) is 6.11. The lowest BCUT2D eigenvalue weighted by Crippen LogP contribution is -2.09. The van der Waals surface area contributed by atoms with E-state index in [1.165, 1.54) is 34.9 Å². The molecule has 3 aromatic rings. The van der Waals surface area contributed by atoms with Gasteiger partial charge >= 0.3 is 0 Å². The molecule has 0 atom stereocenters. The fourth-order valence-corrected chi connectivity index (χ4v) is 4.60. The van der Waals surface area contributed by atoms with Crippen LogP contribution in [-0.4, -0.2) is 40.0 Å². The molecule has 5 nitrogen and oxygen atoms in total. The van der Waals surface area contributed by atoms with E-state index in [9.17, 15) is 4.79 Å². The predicted octanol–water partition coefficient (Wildman–Crippen LogP) is 4.36. The predicted molar refractivity (Wildman–Crippen MR) is 116 cm³/mol. The highest BCUT2D eigenvalue weighted by molar-refractivity contribution is 7.99. The number of thioether (sulfide) groups is 1. The van der Waals surface area contributed by atoms with Gasteiger partial charge < -0.3 is 4.74 Å². The van der Waals surface area contributed by atoms with Crippen LogP contribution in [-0.2, 0) is 24.1 Å². The van der Waals surface area contributed by atoms with E-state index in [1.807, 2.05) is 22.8 Å². The summed E-state index contributed by atoms with van der Waals surface area (Å²) in [6.45, 7) is 3.26. The van der Waals surface area contributed by atoms with Gasteiger partial charge in [-0.3, -0.25) is 9.36 Å². The second kappa shape index (κ2) is 8.93. The Balaban J connectivity index is 1.52. The first-order valence-corrected chi connectivity index (χ1v) is 10.9. The molecule has 1 heterocycles. The summed E-state index contributed by atoms with van der Waals surface area (Å²) in [6, 6.07) is 14.3. The summed E-state index contributed by atoms with van der Waals surface area (Å²) < 4.78 is 7.31. The fourth-order valence-electron chi connectivity index (χ4n) is 3.74. The van der Waals surface area contributed by atoms with Crippen molar-refractivity contribution < 1.29 is 9.53 Å². The van der Waals surface area contributed by atoms with Gasteiger partial charge in [-0.25, -0.2) is 0 Å². The monoisotopic (exact) mass is 407 g/mol. The minimum absolute atomic E-state index is 0.128. The molecule has 4 rings (SSSR count). The number of hydrogen-bond acceptors (Lipinski definition) is 5. The van der Waals surface area contributed by atoms with Gasteiger partial charge in [-0.2, -0.15) is 0 Å². The molecule has 0 N–H and O–H groups in total. The van der Waals surface area contributed by atoms with E-state index in [2.05, 4.69) is 41.4 Å². The molecule has 0 radical (unpaired) electrons. The van der Waals surface area contributed by atoms with Gasteiger partial charge in [0.1, 0.15) is 0 Å². The largest absolute Gasteiger partial charge is 0.383 e. The summed E-state index contributed by atoms with van der Waals surface area (Å²) >= 11 is 1.44. The fraction of sp³-hybridized carbons (Fsp3) is 0.348. The molecule has 0 aliphatic heterocycles. The highest BCUT2D eigenvalue weighted by Crippen LogP contribution is 2.27. The second-order valence-corrected chi connectivity index (χ2v) is 8.31. The van der Waals surface area contributed by atoms with Crippen LogP contribution in [0.3, 0.4) is 0 Å². The Morgan fingerprint density at radius 3 is 2.83 bits per heavy atom. The lowest BCUT2D eigenvalue weighted by atomic mass is 10.0. The number of ether oxygens (including phenoxy) is 1. The Morgan fingerprint density at radius 1 is 1.14 bits per heavy atom. The van der Waals surface area contributed by atoms with Crippen molar-refractivity contribution in [1.29, 1.82) is 0 Å². The molecular weight excluding hydrogens is 382 g/mol. The van der Waals surface area contributed by atoms with E-state index < -0.39 is 0 Å². The van der Waals surface area contributed by atoms with E-state index >= 15 is 0 Å². The summed E-state index contributed by atoms with van der Waals surface area (Å²) in [4.78, 5) is 12.8. The topological polar surface area (TPSA) is 57.0 Å². The van der Waals surface area contributed by atoms with Crippen LogP contribution in [0.1, 0.15) is 33.5 Å². The maximum Gasteiger partial charge on any atom is 0.192 e. The minimum atomic E-state index is 0.128. The molecule has 0 amide bonds. The van der Waals surface area contributed by atoms with E-state index in [-0.39, 0.29) is 5.78 Å². The zero-order valence-corrected chi connectivity index (χ0v) is 17.7. The van der Waals surface area contributed by atoms with Crippen LogP contribution >= 0.6 is 11.8 Å². The summed E-state index contributed by atoms with van der Waals surface area (Å²) in [5.74, 6) is 1.28. The first-order chi connectivity index (χ1) is 14.2. The SMILES string of the molecule is COCCn1c(SCC(=O)c2ccc3c(c2)CCC3)nnc1-c1cccc(C)c1. The van der Waals surface area contributed by atoms with Crippen LogP contribution < -0.4 is 0 Å². The highest BCUT2D eigenvalue weighted by Gasteiger charge is 2.18. The summed E-state index contributed by atoms with van der Waals surface area (Å²) in [6.07, 6.45) is 3.39. The van der Waals surface area contributed by atoms with Crippen molar-refractivity contribution >= 4 is 17.5 Å². The second-order valence-electron chi connectivity index (χ2n) is 7.37. The molecule has 29 heavy (non-hydrogen) atoms. The molecule has 6 heteroatoms. The molecule has 0 saturated carbocycles. The molecular formula is C23H25N3O2S. The summed E-state index contributed by atoms with van der Waals surface area (Å²) in [5.41, 5.74) is 5.69. The van der Waals surface area contributed by atoms with Crippen molar-refractivity contribution in [2.24, 2.45) is 0 Å². The van der Waals surface area contributed by atoms with Crippen LogP contribution in [0.2, 0.25) is 0 Å². The van der Waals surface area contributed by atoms with Crippen LogP contribution in [0, 0.1) is 6.92 Å². The van der Waals surface area contributed by atoms with Crippen LogP contribution in [0.15, 0.2) is 47.6 Å². The maximum absolute atomic E-state index is 12.8. The lowest BCUT2D eigenvalue weighted by molar-refractivity contribution is 0.102. The van der Waals surface area contributed by atoms with Crippen molar-refractivity contribution in [3.8, 4) is 11.4 Å². The molecule has 1 aliphatic carbocycles. The Hall–Kier alpha value is -2.44. The van der Waals surface area contributed by atoms with Crippen molar-refractivity contribution in [2.75, 3.05) is 19.5 Å². The van der Waals surface area contributed by atoms with Gasteiger partial charge in [0.25, 0.3) is 0 Å². The van der Waals surface area contributed by atoms with Gasteiger partial charge in [-0.1, -0.05) is 47.7 Å². The number of carbonyl (C=O) groups is 1. The van der Waals surface area contributed by atoms with Gasteiger partial charge in [0.15, 0.2) is 16.8 Å². The zero-order valence-electron chi connectivity index (χ0n) is 16.9. The third kappa shape index (κ3) is 4.43. The molecule has 150 valence electrons. The number of fused-ring (bicyclic) bond motifs is 1. The third-order valence-electron chi connectivity index (χ3n) is 5.26. The first kappa shape index (κ1) is 19.9. The van der Waals surface area contributed by atoms with E-state index in [0.29, 0.717) is 18.9 Å². The highest BCUT2D eigenvalue weighted by atomic mass is 32.2. The number of rotatable bonds is 8. The van der Waals surface area contributed by atoms with Crippen LogP contribution in [0.4, 0.5) is 0 Å². The van der Waals surface area contributed by atoms with Gasteiger partial charge in [0.05, 0.1) is 18.9 Å². The standard InChI is InChI=1S/C23H25N3O2S/c1-16-5-3-8-20(13-16)22-24-25-23(26(22)11-12-28-2)29-15-21(27)19-10-9-17-6-4-7-18(17)14-19/h3,5,8-10,13-14H,4,6-7,11-12,15H2,1-2H3.